The second kappa shape index (κ2) is 6.13. The summed E-state index contributed by atoms with van der Waals surface area (Å²) in [5.74, 6) is -2.16. The highest BCUT2D eigenvalue weighted by Gasteiger charge is 2.45. The van der Waals surface area contributed by atoms with Crippen LogP contribution in [0.1, 0.15) is 39.1 Å². The molecule has 1 aromatic carbocycles. The lowest BCUT2D eigenvalue weighted by molar-refractivity contribution is -0.136. The van der Waals surface area contributed by atoms with Crippen LogP contribution in [0, 0.1) is 0 Å². The average molecular weight is 327 g/mol. The van der Waals surface area contributed by atoms with Crippen LogP contribution in [0.4, 0.5) is 0 Å². The van der Waals surface area contributed by atoms with E-state index in [9.17, 15) is 19.2 Å². The predicted molar refractivity (Wildman–Crippen MR) is 80.8 cm³/mol. The number of imide groups is 2. The van der Waals surface area contributed by atoms with Crippen LogP contribution >= 0.6 is 0 Å². The van der Waals surface area contributed by atoms with Gasteiger partial charge in [0, 0.05) is 17.9 Å². The molecular weight excluding hydrogens is 314 g/mol. The first-order valence-corrected chi connectivity index (χ1v) is 7.39. The van der Waals surface area contributed by atoms with Gasteiger partial charge in [0.2, 0.25) is 11.8 Å². The molecule has 24 heavy (non-hydrogen) atoms. The maximum atomic E-state index is 12.7. The fraction of sp³-hybridized carbons (Fsp3) is 0.333. The molecule has 9 nitrogen and oxygen atoms in total. The number of hydrogen-bond donors (Lipinski definition) is 1. The summed E-state index contributed by atoms with van der Waals surface area (Å²) in [5.41, 5.74) is 9.40. The first kappa shape index (κ1) is 15.7. The van der Waals surface area contributed by atoms with Crippen molar-refractivity contribution in [1.29, 1.82) is 0 Å². The molecule has 0 spiro atoms. The smallest absolute Gasteiger partial charge is 0.262 e. The molecule has 1 fully saturated rings. The van der Waals surface area contributed by atoms with Crippen LogP contribution in [0.5, 0.6) is 0 Å². The lowest BCUT2D eigenvalue weighted by atomic mass is 10.0. The number of azide groups is 1. The summed E-state index contributed by atoms with van der Waals surface area (Å²) in [4.78, 5) is 52.1. The number of carbonyl (C=O) groups excluding carboxylic acids is 4. The van der Waals surface area contributed by atoms with Crippen LogP contribution in [0.3, 0.4) is 0 Å². The van der Waals surface area contributed by atoms with Gasteiger partial charge < -0.3 is 0 Å². The lowest BCUT2D eigenvalue weighted by Crippen LogP contribution is -2.54. The SMILES string of the molecule is [N-]=[N+]=NCCc1cccc2c1C(=O)N(C1CCC(=O)NC1=O)C2=O. The monoisotopic (exact) mass is 327 g/mol. The van der Waals surface area contributed by atoms with Crippen molar-refractivity contribution in [3.8, 4) is 0 Å². The van der Waals surface area contributed by atoms with Crippen molar-refractivity contribution >= 4 is 23.6 Å². The van der Waals surface area contributed by atoms with Crippen molar-refractivity contribution in [2.75, 3.05) is 6.54 Å². The molecule has 1 atom stereocenters. The van der Waals surface area contributed by atoms with Gasteiger partial charge in [-0.1, -0.05) is 17.2 Å². The third-order valence-electron chi connectivity index (χ3n) is 4.10. The van der Waals surface area contributed by atoms with Crippen molar-refractivity contribution in [3.05, 3.63) is 45.3 Å². The summed E-state index contributed by atoms with van der Waals surface area (Å²) in [6.07, 6.45) is 0.507. The molecule has 122 valence electrons. The van der Waals surface area contributed by atoms with Gasteiger partial charge >= 0.3 is 0 Å². The highest BCUT2D eigenvalue weighted by molar-refractivity contribution is 6.24. The summed E-state index contributed by atoms with van der Waals surface area (Å²) < 4.78 is 0. The Labute approximate surface area is 136 Å². The summed E-state index contributed by atoms with van der Waals surface area (Å²) in [6, 6.07) is 3.87. The molecule has 3 rings (SSSR count). The van der Waals surface area contributed by atoms with Crippen LogP contribution in [0.2, 0.25) is 0 Å². The number of piperidine rings is 1. The number of nitrogens with zero attached hydrogens (tertiary/aromatic N) is 4. The van der Waals surface area contributed by atoms with Gasteiger partial charge in [-0.05, 0) is 30.0 Å². The molecule has 0 bridgehead atoms. The molecule has 9 heteroatoms. The predicted octanol–water partition coefficient (Wildman–Crippen LogP) is 0.941. The van der Waals surface area contributed by atoms with Crippen LogP contribution < -0.4 is 5.32 Å². The van der Waals surface area contributed by atoms with Crippen LogP contribution in [0.25, 0.3) is 10.4 Å². The van der Waals surface area contributed by atoms with Gasteiger partial charge in [-0.25, -0.2) is 0 Å². The molecule has 0 aromatic heterocycles. The summed E-state index contributed by atoms with van der Waals surface area (Å²) in [7, 11) is 0. The van der Waals surface area contributed by atoms with E-state index < -0.39 is 29.7 Å². The zero-order chi connectivity index (χ0) is 17.3. The maximum Gasteiger partial charge on any atom is 0.262 e. The molecule has 2 aliphatic heterocycles. The van der Waals surface area contributed by atoms with Crippen molar-refractivity contribution in [3.63, 3.8) is 0 Å². The van der Waals surface area contributed by atoms with E-state index in [0.717, 1.165) is 4.90 Å². The Morgan fingerprint density at radius 1 is 1.25 bits per heavy atom. The molecule has 1 N–H and O–H groups in total. The molecule has 0 radical (unpaired) electrons. The van der Waals surface area contributed by atoms with E-state index in [1.54, 1.807) is 12.1 Å². The van der Waals surface area contributed by atoms with E-state index in [-0.39, 0.29) is 30.5 Å². The van der Waals surface area contributed by atoms with Crippen LogP contribution in [-0.2, 0) is 16.0 Å². The normalized spacial score (nSPS) is 19.8. The lowest BCUT2D eigenvalue weighted by Gasteiger charge is -2.27. The number of benzene rings is 1. The molecule has 4 amide bonds. The first-order chi connectivity index (χ1) is 11.5. The van der Waals surface area contributed by atoms with Crippen molar-refractivity contribution in [2.45, 2.75) is 25.3 Å². The molecule has 0 saturated carbocycles. The quantitative estimate of drug-likeness (QED) is 0.381. The Morgan fingerprint density at radius 3 is 2.75 bits per heavy atom. The maximum absolute atomic E-state index is 12.7. The minimum atomic E-state index is -0.986. The molecule has 2 aliphatic rings. The van der Waals surface area contributed by atoms with Crippen LogP contribution in [0.15, 0.2) is 23.3 Å². The third kappa shape index (κ3) is 2.50. The van der Waals surface area contributed by atoms with Gasteiger partial charge in [0.15, 0.2) is 0 Å². The van der Waals surface area contributed by atoms with Gasteiger partial charge in [0.05, 0.1) is 11.1 Å². The van der Waals surface area contributed by atoms with Crippen molar-refractivity contribution in [1.82, 2.24) is 10.2 Å². The number of carbonyl (C=O) groups is 4. The topological polar surface area (TPSA) is 132 Å². The third-order valence-corrected chi connectivity index (χ3v) is 4.10. The highest BCUT2D eigenvalue weighted by Crippen LogP contribution is 2.30. The molecular formula is C15H13N5O4. The molecule has 2 heterocycles. The van der Waals surface area contributed by atoms with E-state index in [4.69, 9.17) is 5.53 Å². The highest BCUT2D eigenvalue weighted by atomic mass is 16.2. The fourth-order valence-electron chi connectivity index (χ4n) is 3.01. The molecule has 1 saturated heterocycles. The fourth-order valence-corrected chi connectivity index (χ4v) is 3.01. The van der Waals surface area contributed by atoms with Gasteiger partial charge in [-0.3, -0.25) is 29.4 Å². The second-order valence-electron chi connectivity index (χ2n) is 5.49. The first-order valence-electron chi connectivity index (χ1n) is 7.39. The van der Waals surface area contributed by atoms with E-state index in [0.29, 0.717) is 12.0 Å². The van der Waals surface area contributed by atoms with Crippen molar-refractivity contribution in [2.24, 2.45) is 5.11 Å². The zero-order valence-electron chi connectivity index (χ0n) is 12.6. The Hall–Kier alpha value is -3.19. The van der Waals surface area contributed by atoms with E-state index in [2.05, 4.69) is 15.3 Å². The summed E-state index contributed by atoms with van der Waals surface area (Å²) in [5, 5.41) is 5.59. The minimum absolute atomic E-state index is 0.0769. The molecule has 1 unspecified atom stereocenters. The molecule has 1 aromatic rings. The zero-order valence-corrected chi connectivity index (χ0v) is 12.6. The molecule has 0 aliphatic carbocycles. The number of hydrogen-bond acceptors (Lipinski definition) is 5. The Bertz CT molecular complexity index is 812. The largest absolute Gasteiger partial charge is 0.295 e. The Morgan fingerprint density at radius 2 is 2.04 bits per heavy atom. The van der Waals surface area contributed by atoms with E-state index in [1.807, 2.05) is 0 Å². The number of amides is 4. The number of nitrogens with one attached hydrogen (secondary N) is 1. The second-order valence-corrected chi connectivity index (χ2v) is 5.49. The number of fused-ring (bicyclic) bond motifs is 1. The van der Waals surface area contributed by atoms with E-state index in [1.165, 1.54) is 6.07 Å². The van der Waals surface area contributed by atoms with Gasteiger partial charge in [0.1, 0.15) is 6.04 Å². The van der Waals surface area contributed by atoms with E-state index >= 15 is 0 Å². The van der Waals surface area contributed by atoms with Gasteiger partial charge in [-0.2, -0.15) is 0 Å². The van der Waals surface area contributed by atoms with Gasteiger partial charge in [-0.15, -0.1) is 0 Å². The summed E-state index contributed by atoms with van der Waals surface area (Å²) in [6.45, 7) is 0.160. The van der Waals surface area contributed by atoms with Gasteiger partial charge in [0.25, 0.3) is 11.8 Å². The van der Waals surface area contributed by atoms with Crippen LogP contribution in [-0.4, -0.2) is 41.1 Å². The standard InChI is InChI=1S/C15H13N5O4/c16-19-17-7-6-8-2-1-3-9-12(8)15(24)20(14(9)23)10-4-5-11(21)18-13(10)22/h1-3,10H,4-7H2,(H,18,21,22). The Kier molecular flexibility index (Phi) is 4.01. The van der Waals surface area contributed by atoms with Crippen molar-refractivity contribution < 1.29 is 19.2 Å². The number of rotatable bonds is 4. The average Bonchev–Trinajstić information content (AvgIpc) is 2.81. The summed E-state index contributed by atoms with van der Waals surface area (Å²) >= 11 is 0. The minimum Gasteiger partial charge on any atom is -0.295 e. The Balaban J connectivity index is 1.93.